The summed E-state index contributed by atoms with van der Waals surface area (Å²) in [7, 11) is 0. The first kappa shape index (κ1) is 16.9. The molecule has 1 aliphatic rings. The van der Waals surface area contributed by atoms with Gasteiger partial charge in [0, 0.05) is 18.2 Å². The zero-order valence-electron chi connectivity index (χ0n) is 12.8. The van der Waals surface area contributed by atoms with Crippen molar-refractivity contribution in [3.8, 4) is 0 Å². The number of carbonyl (C=O) groups is 2. The van der Waals surface area contributed by atoms with E-state index in [-0.39, 0.29) is 29.8 Å². The molecular weight excluding hydrogens is 300 g/mol. The zero-order chi connectivity index (χ0) is 16.7. The molecule has 7 nitrogen and oxygen atoms in total. The van der Waals surface area contributed by atoms with Gasteiger partial charge < -0.3 is 10.1 Å². The number of nitrogens with zero attached hydrogens (tertiary/aromatic N) is 1. The number of rotatable bonds is 5. The summed E-state index contributed by atoms with van der Waals surface area (Å²) in [4.78, 5) is 33.6. The molecule has 0 radical (unpaired) electrons. The third kappa shape index (κ3) is 5.36. The minimum absolute atomic E-state index is 0.104. The van der Waals surface area contributed by atoms with Crippen molar-refractivity contribution in [3.05, 3.63) is 39.9 Å². The molecule has 0 unspecified atom stereocenters. The van der Waals surface area contributed by atoms with Gasteiger partial charge in [0.15, 0.2) is 6.61 Å². The fourth-order valence-electron chi connectivity index (χ4n) is 2.63. The third-order valence-electron chi connectivity index (χ3n) is 3.87. The molecule has 1 aromatic carbocycles. The predicted octanol–water partition coefficient (Wildman–Crippen LogP) is 2.59. The van der Waals surface area contributed by atoms with Gasteiger partial charge in [0.1, 0.15) is 0 Å². The number of benzene rings is 1. The van der Waals surface area contributed by atoms with E-state index in [2.05, 4.69) is 5.32 Å². The van der Waals surface area contributed by atoms with Gasteiger partial charge in [-0.25, -0.2) is 4.79 Å². The second kappa shape index (κ2) is 8.26. The first-order valence-electron chi connectivity index (χ1n) is 7.77. The number of amides is 1. The molecule has 2 rings (SSSR count). The summed E-state index contributed by atoms with van der Waals surface area (Å²) in [6.07, 6.45) is 6.52. The van der Waals surface area contributed by atoms with Crippen molar-refractivity contribution in [1.82, 2.24) is 5.32 Å². The summed E-state index contributed by atoms with van der Waals surface area (Å²) in [6, 6.07) is 5.22. The Morgan fingerprint density at radius 1 is 1.13 bits per heavy atom. The van der Waals surface area contributed by atoms with E-state index in [4.69, 9.17) is 4.74 Å². The second-order valence-corrected chi connectivity index (χ2v) is 5.64. The number of hydrogen-bond donors (Lipinski definition) is 1. The van der Waals surface area contributed by atoms with E-state index in [0.717, 1.165) is 25.7 Å². The van der Waals surface area contributed by atoms with Crippen LogP contribution in [-0.2, 0) is 9.53 Å². The largest absolute Gasteiger partial charge is 0.452 e. The van der Waals surface area contributed by atoms with E-state index in [9.17, 15) is 19.7 Å². The summed E-state index contributed by atoms with van der Waals surface area (Å²) in [5.74, 6) is -0.983. The molecule has 0 saturated heterocycles. The lowest BCUT2D eigenvalue weighted by Gasteiger charge is -2.16. The van der Waals surface area contributed by atoms with Crippen LogP contribution < -0.4 is 5.32 Å². The Balaban J connectivity index is 1.78. The summed E-state index contributed by atoms with van der Waals surface area (Å²) < 4.78 is 4.94. The van der Waals surface area contributed by atoms with Crippen LogP contribution in [0, 0.1) is 10.1 Å². The van der Waals surface area contributed by atoms with Gasteiger partial charge in [-0.1, -0.05) is 25.7 Å². The van der Waals surface area contributed by atoms with E-state index < -0.39 is 10.9 Å². The highest BCUT2D eigenvalue weighted by Gasteiger charge is 2.16. The number of carbonyl (C=O) groups excluding carboxylic acids is 2. The third-order valence-corrected chi connectivity index (χ3v) is 3.87. The summed E-state index contributed by atoms with van der Waals surface area (Å²) in [5, 5.41) is 13.4. The van der Waals surface area contributed by atoms with Crippen molar-refractivity contribution >= 4 is 17.6 Å². The van der Waals surface area contributed by atoms with E-state index >= 15 is 0 Å². The quantitative estimate of drug-likeness (QED) is 0.389. The molecule has 0 bridgehead atoms. The summed E-state index contributed by atoms with van der Waals surface area (Å²) >= 11 is 0. The maximum atomic E-state index is 11.8. The molecule has 7 heteroatoms. The average Bonchev–Trinajstić information content (AvgIpc) is 2.81. The van der Waals surface area contributed by atoms with Crippen LogP contribution in [-0.4, -0.2) is 29.4 Å². The second-order valence-electron chi connectivity index (χ2n) is 5.64. The fraction of sp³-hybridized carbons (Fsp3) is 0.500. The van der Waals surface area contributed by atoms with Crippen molar-refractivity contribution in [1.29, 1.82) is 0 Å². The lowest BCUT2D eigenvalue weighted by atomic mass is 10.1. The number of nitrogens with one attached hydrogen (secondary N) is 1. The molecule has 1 N–H and O–H groups in total. The Morgan fingerprint density at radius 3 is 2.30 bits per heavy atom. The molecule has 1 fully saturated rings. The molecule has 0 aliphatic heterocycles. The molecule has 1 saturated carbocycles. The minimum Gasteiger partial charge on any atom is -0.452 e. The Bertz CT molecular complexity index is 562. The number of nitro benzene ring substituents is 1. The molecule has 1 aromatic rings. The highest BCUT2D eigenvalue weighted by atomic mass is 16.6. The normalized spacial score (nSPS) is 15.5. The van der Waals surface area contributed by atoms with Gasteiger partial charge in [0.25, 0.3) is 11.6 Å². The zero-order valence-corrected chi connectivity index (χ0v) is 12.8. The number of ether oxygens (including phenoxy) is 1. The molecule has 1 aliphatic carbocycles. The highest BCUT2D eigenvalue weighted by molar-refractivity contribution is 5.91. The van der Waals surface area contributed by atoms with Gasteiger partial charge >= 0.3 is 5.97 Å². The monoisotopic (exact) mass is 320 g/mol. The van der Waals surface area contributed by atoms with Crippen LogP contribution in [0.15, 0.2) is 24.3 Å². The predicted molar refractivity (Wildman–Crippen MR) is 83.0 cm³/mol. The molecule has 0 atom stereocenters. The number of nitro groups is 1. The first-order valence-corrected chi connectivity index (χ1v) is 7.77. The number of hydrogen-bond acceptors (Lipinski definition) is 5. The highest BCUT2D eigenvalue weighted by Crippen LogP contribution is 2.17. The van der Waals surface area contributed by atoms with Crippen molar-refractivity contribution in [3.63, 3.8) is 0 Å². The van der Waals surface area contributed by atoms with Crippen LogP contribution in [0.4, 0.5) is 5.69 Å². The van der Waals surface area contributed by atoms with Crippen LogP contribution >= 0.6 is 0 Å². The van der Waals surface area contributed by atoms with Gasteiger partial charge in [0.05, 0.1) is 10.5 Å². The van der Waals surface area contributed by atoms with E-state index in [1.54, 1.807) is 0 Å². The van der Waals surface area contributed by atoms with Gasteiger partial charge in [-0.3, -0.25) is 14.9 Å². The standard InChI is InChI=1S/C16H20N2O5/c19-15(17-13-5-3-1-2-4-6-13)11-23-16(20)12-7-9-14(10-8-12)18(21)22/h7-10,13H,1-6,11H2,(H,17,19). The first-order chi connectivity index (χ1) is 11.1. The maximum absolute atomic E-state index is 11.8. The molecule has 23 heavy (non-hydrogen) atoms. The SMILES string of the molecule is O=C(COC(=O)c1ccc([N+](=O)[O-])cc1)NC1CCCCCC1. The molecule has 0 heterocycles. The number of non-ortho nitro benzene ring substituents is 1. The van der Waals surface area contributed by atoms with E-state index in [1.807, 2.05) is 0 Å². The fourth-order valence-corrected chi connectivity index (χ4v) is 2.63. The van der Waals surface area contributed by atoms with Crippen LogP contribution in [0.3, 0.4) is 0 Å². The van der Waals surface area contributed by atoms with Gasteiger partial charge in [-0.05, 0) is 25.0 Å². The van der Waals surface area contributed by atoms with E-state index in [0.29, 0.717) is 0 Å². The Morgan fingerprint density at radius 2 is 1.74 bits per heavy atom. The minimum atomic E-state index is -0.670. The van der Waals surface area contributed by atoms with Crippen LogP contribution in [0.2, 0.25) is 0 Å². The van der Waals surface area contributed by atoms with Gasteiger partial charge in [-0.15, -0.1) is 0 Å². The molecular formula is C16H20N2O5. The summed E-state index contributed by atoms with van der Waals surface area (Å²) in [6.45, 7) is -0.341. The Hall–Kier alpha value is -2.44. The van der Waals surface area contributed by atoms with E-state index in [1.165, 1.54) is 37.1 Å². The number of esters is 1. The Labute approximate surface area is 134 Å². The lowest BCUT2D eigenvalue weighted by Crippen LogP contribution is -2.37. The average molecular weight is 320 g/mol. The van der Waals surface area contributed by atoms with Crippen molar-refractivity contribution in [2.45, 2.75) is 44.6 Å². The Kier molecular flexibility index (Phi) is 6.08. The maximum Gasteiger partial charge on any atom is 0.338 e. The van der Waals surface area contributed by atoms with Crippen LogP contribution in [0.1, 0.15) is 48.9 Å². The summed E-state index contributed by atoms with van der Waals surface area (Å²) in [5.41, 5.74) is 0.0746. The topological polar surface area (TPSA) is 98.5 Å². The van der Waals surface area contributed by atoms with Crippen molar-refractivity contribution in [2.75, 3.05) is 6.61 Å². The van der Waals surface area contributed by atoms with Crippen LogP contribution in [0.25, 0.3) is 0 Å². The van der Waals surface area contributed by atoms with Gasteiger partial charge in [0.2, 0.25) is 0 Å². The lowest BCUT2D eigenvalue weighted by molar-refractivity contribution is -0.384. The van der Waals surface area contributed by atoms with Crippen molar-refractivity contribution < 1.29 is 19.2 Å². The smallest absolute Gasteiger partial charge is 0.338 e. The van der Waals surface area contributed by atoms with Crippen LogP contribution in [0.5, 0.6) is 0 Å². The molecule has 1 amide bonds. The molecule has 124 valence electrons. The van der Waals surface area contributed by atoms with Gasteiger partial charge in [-0.2, -0.15) is 0 Å². The van der Waals surface area contributed by atoms with Crippen molar-refractivity contribution in [2.24, 2.45) is 0 Å². The molecule has 0 aromatic heterocycles. The molecule has 0 spiro atoms.